The van der Waals surface area contributed by atoms with Gasteiger partial charge in [0.05, 0.1) is 86.8 Å². The maximum Gasteiger partial charge on any atom is 0.336 e. The highest BCUT2D eigenvalue weighted by Crippen LogP contribution is 2.44. The molecule has 21 aliphatic heterocycles. The van der Waals surface area contributed by atoms with Gasteiger partial charge in [-0.25, -0.2) is 9.78 Å². The van der Waals surface area contributed by atoms with E-state index < -0.39 is 242 Å². The number of carbonyl (C=O) groups is 1. The second kappa shape index (κ2) is 45.8. The van der Waals surface area contributed by atoms with E-state index >= 15 is 0 Å². The van der Waals surface area contributed by atoms with Crippen molar-refractivity contribution in [2.75, 3.05) is 181 Å². The summed E-state index contributed by atoms with van der Waals surface area (Å²) < 4.78 is 243. The number of carboxylic acid groups (broad SMARTS) is 1. The van der Waals surface area contributed by atoms with Crippen molar-refractivity contribution in [2.24, 2.45) is 0 Å². The maximum absolute atomic E-state index is 12.7. The minimum Gasteiger partial charge on any atom is -0.478 e. The second-order valence-corrected chi connectivity index (χ2v) is 29.5. The van der Waals surface area contributed by atoms with E-state index in [1.165, 1.54) is 154 Å². The van der Waals surface area contributed by atoms with Gasteiger partial charge in [0.15, 0.2) is 65.2 Å². The van der Waals surface area contributed by atoms with Gasteiger partial charge in [0.25, 0.3) is 0 Å². The lowest BCUT2D eigenvalue weighted by atomic mass is 9.94. The van der Waals surface area contributed by atoms with Gasteiger partial charge in [-0.05, 0) is 17.7 Å². The predicted molar refractivity (Wildman–Crippen MR) is 390 cm³/mol. The van der Waals surface area contributed by atoms with Gasteiger partial charge in [0.2, 0.25) is 0 Å². The number of hydrogen-bond donors (Lipinski definition) is 2. The van der Waals surface area contributed by atoms with E-state index in [4.69, 9.17) is 166 Å². The van der Waals surface area contributed by atoms with E-state index in [2.05, 4.69) is 9.97 Å². The van der Waals surface area contributed by atoms with Crippen molar-refractivity contribution in [2.45, 2.75) is 228 Å². The molecule has 654 valence electrons. The van der Waals surface area contributed by atoms with E-state index in [0.717, 1.165) is 0 Å². The van der Waals surface area contributed by atoms with Crippen molar-refractivity contribution in [1.29, 1.82) is 0 Å². The molecule has 21 aliphatic rings. The highest BCUT2D eigenvalue weighted by atomic mass is 127. The number of aromatic amines is 1. The summed E-state index contributed by atoms with van der Waals surface area (Å²) in [6.07, 6.45) is -37.0. The largest absolute Gasteiger partial charge is 0.478 e. The van der Waals surface area contributed by atoms with E-state index in [1.807, 2.05) is 0 Å². The first-order valence-electron chi connectivity index (χ1n) is 37.3. The first-order valence-corrected chi connectivity index (χ1v) is 39.2. The van der Waals surface area contributed by atoms with E-state index in [9.17, 15) is 13.0 Å². The number of nitrogens with zero attached hydrogens (tertiary/aromatic N) is 1. The van der Waals surface area contributed by atoms with Gasteiger partial charge in [0, 0.05) is 135 Å². The zero-order valence-electron chi connectivity index (χ0n) is 67.8. The third-order valence-corrected chi connectivity index (χ3v) is 22.9. The summed E-state index contributed by atoms with van der Waals surface area (Å²) in [5, 5.41) is 10.4. The number of hydrogen-bond acceptors (Lipinski definition) is 38. The van der Waals surface area contributed by atoms with E-state index in [0.29, 0.717) is 11.3 Å². The number of H-pyrrole nitrogens is 1. The Balaban J connectivity index is 1.11. The standard InChI is InChI=1S/C73H117IN2O38/c1-80-26-38-45-52(87-8)59(93-14)67(101-38)109-46-39(27-81-2)103-69(61(95-16)53(46)88-9)111-48-41(29-83-4)105-71(63(97-18)55(48)90-11)113-50-43(31-85-6)107-73(65(57(50)92-13)100-25-35-23-75-33-76-35)114-51-44(32-86-7)106-72(64(98-19)58(51)99-24-34-20-21-37(74-79)36(22-34)66(77)78)112-49-42(30-84-5)104-70(62(96-17)56(49)91-12)110-47-40(28-82-3)102-68(108-45)60(94-15)54(47)89-10/h20-23,33,38-65,67-73H,24-32H2,1-19H3,(H,75,76)(H,77,78). The zero-order valence-corrected chi connectivity index (χ0v) is 70.0. The number of ether oxygens (including phenoxy) is 35. The van der Waals surface area contributed by atoms with Crippen LogP contribution in [0.4, 0.5) is 0 Å². The average Bonchev–Trinajstić information content (AvgIpc) is 0.874. The molecule has 23 rings (SSSR count). The topological polar surface area (TPSA) is 406 Å². The quantitative estimate of drug-likeness (QED) is 0.0904. The van der Waals surface area contributed by atoms with Crippen LogP contribution in [0.1, 0.15) is 21.6 Å². The monoisotopic (exact) mass is 1760 g/mol. The number of halogens is 1. The molecule has 21 fully saturated rings. The molecule has 0 amide bonds. The van der Waals surface area contributed by atoms with Gasteiger partial charge in [0.1, 0.15) is 171 Å². The van der Waals surface area contributed by atoms with Gasteiger partial charge in [-0.15, -0.1) is 0 Å². The summed E-state index contributed by atoms with van der Waals surface area (Å²) >= 11 is -1.90. The summed E-state index contributed by atoms with van der Waals surface area (Å²) in [4.78, 5) is 20.0. The smallest absolute Gasteiger partial charge is 0.336 e. The minimum atomic E-state index is -1.90. The van der Waals surface area contributed by atoms with Crippen LogP contribution in [-0.2, 0) is 182 Å². The molecular weight excluding hydrogens is 1640 g/mol. The van der Waals surface area contributed by atoms with Crippen molar-refractivity contribution < 1.29 is 179 Å². The van der Waals surface area contributed by atoms with Gasteiger partial charge >= 0.3 is 5.97 Å². The van der Waals surface area contributed by atoms with Crippen LogP contribution in [0.5, 0.6) is 0 Å². The molecule has 14 bridgehead atoms. The van der Waals surface area contributed by atoms with E-state index in [1.54, 1.807) is 12.3 Å². The summed E-state index contributed by atoms with van der Waals surface area (Å²) in [6.45, 7) is -1.22. The molecular formula is C73H117IN2O38. The van der Waals surface area contributed by atoms with Gasteiger partial charge < -0.3 is 176 Å². The van der Waals surface area contributed by atoms with Crippen LogP contribution in [0.15, 0.2) is 30.7 Å². The molecule has 0 aliphatic carbocycles. The zero-order chi connectivity index (χ0) is 81.9. The molecule has 40 nitrogen and oxygen atoms in total. The highest BCUT2D eigenvalue weighted by molar-refractivity contribution is 14.1. The van der Waals surface area contributed by atoms with Crippen LogP contribution in [0.25, 0.3) is 0 Å². The van der Waals surface area contributed by atoms with Crippen LogP contribution in [0.3, 0.4) is 0 Å². The van der Waals surface area contributed by atoms with Gasteiger partial charge in [-0.2, -0.15) is 0 Å². The molecule has 0 saturated carbocycles. The molecule has 114 heavy (non-hydrogen) atoms. The van der Waals surface area contributed by atoms with Crippen LogP contribution in [-0.4, -0.2) is 417 Å². The number of carboxylic acids is 1. The molecule has 0 radical (unpaired) electrons. The van der Waals surface area contributed by atoms with Crippen molar-refractivity contribution in [1.82, 2.24) is 9.97 Å². The normalized spacial score (nSPS) is 41.2. The minimum absolute atomic E-state index is 0.0728. The van der Waals surface area contributed by atoms with Crippen LogP contribution in [0, 0.1) is 3.57 Å². The Kier molecular flexibility index (Phi) is 37.5. The van der Waals surface area contributed by atoms with E-state index in [-0.39, 0.29) is 68.6 Å². The number of methoxy groups -OCH3 is 19. The van der Waals surface area contributed by atoms with Gasteiger partial charge in [-0.3, -0.25) is 3.07 Å². The lowest BCUT2D eigenvalue weighted by Gasteiger charge is -2.52. The SMILES string of the molecule is COCC1OC2OC3C(COC)OC(OC4C(COC)OC(OC5C(COC)OC(OC6C(COC)OC(OC7C(COC)OC(OC8C(COC)OC(OC1C(OC)C2OC)C(OC)C8OC)C(OC)C7OC)C(OC)C6OCc1ccc(I=O)c(C(=O)O)c1)C(OCc1cnc[nH]1)C5OC)C(OC)C4OC)C(OC)C3OC. The summed E-state index contributed by atoms with van der Waals surface area (Å²) in [5.41, 5.74) is 0.767. The fourth-order valence-electron chi connectivity index (χ4n) is 16.3. The number of benzene rings is 1. The molecule has 1 aromatic heterocycles. The number of nitrogens with one attached hydrogen (secondary N) is 1. The molecule has 2 aromatic rings. The molecule has 2 N–H and O–H groups in total. The summed E-state index contributed by atoms with van der Waals surface area (Å²) in [6, 6.07) is 4.49. The second-order valence-electron chi connectivity index (χ2n) is 27.9. The number of aromatic nitrogens is 2. The summed E-state index contributed by atoms with van der Waals surface area (Å²) in [7, 11) is 28.1. The molecule has 41 heteroatoms. The summed E-state index contributed by atoms with van der Waals surface area (Å²) in [5.74, 6) is -1.29. The van der Waals surface area contributed by atoms with Crippen LogP contribution < -0.4 is 0 Å². The molecule has 35 atom stereocenters. The lowest BCUT2D eigenvalue weighted by Crippen LogP contribution is -2.69. The first kappa shape index (κ1) is 93.3. The predicted octanol–water partition coefficient (Wildman–Crippen LogP) is 0.553. The third kappa shape index (κ3) is 21.0. The van der Waals surface area contributed by atoms with Crippen molar-refractivity contribution >= 4 is 27.2 Å². The Bertz CT molecular complexity index is 3110. The number of aromatic carboxylic acids is 1. The third-order valence-electron chi connectivity index (χ3n) is 21.5. The molecule has 21 saturated heterocycles. The fourth-order valence-corrected chi connectivity index (χ4v) is 17.3. The Labute approximate surface area is 673 Å². The Hall–Kier alpha value is -2.97. The number of imidazole rings is 1. The van der Waals surface area contributed by atoms with Crippen molar-refractivity contribution in [3.8, 4) is 0 Å². The maximum atomic E-state index is 12.7. The lowest BCUT2D eigenvalue weighted by molar-refractivity contribution is -0.404. The average molecular weight is 1760 g/mol. The first-order chi connectivity index (χ1) is 55.5. The van der Waals surface area contributed by atoms with Gasteiger partial charge in [-0.1, -0.05) is 6.07 Å². The van der Waals surface area contributed by atoms with Crippen LogP contribution in [0.2, 0.25) is 0 Å². The molecule has 0 spiro atoms. The van der Waals surface area contributed by atoms with Crippen LogP contribution >= 0.6 is 21.2 Å². The molecule has 22 heterocycles. The molecule has 35 unspecified atom stereocenters. The Morgan fingerprint density at radius 3 is 0.825 bits per heavy atom. The van der Waals surface area contributed by atoms with Crippen molar-refractivity contribution in [3.05, 3.63) is 51.1 Å². The fraction of sp³-hybridized carbons (Fsp3) is 0.863. The molecule has 1 aromatic carbocycles. The van der Waals surface area contributed by atoms with Crippen molar-refractivity contribution in [3.63, 3.8) is 0 Å². The Morgan fingerprint density at radius 1 is 0.342 bits per heavy atom. The highest BCUT2D eigenvalue weighted by Gasteiger charge is 2.62. The Morgan fingerprint density at radius 2 is 0.588 bits per heavy atom. The number of rotatable bonds is 34.